The van der Waals surface area contributed by atoms with Crippen LogP contribution in [0, 0.1) is 11.6 Å². The molecule has 1 amide bonds. The van der Waals surface area contributed by atoms with Crippen molar-refractivity contribution in [2.45, 2.75) is 12.8 Å². The van der Waals surface area contributed by atoms with Crippen molar-refractivity contribution in [2.24, 2.45) is 0 Å². The zero-order valence-corrected chi connectivity index (χ0v) is 15.3. The Bertz CT molecular complexity index is 695. The summed E-state index contributed by atoms with van der Waals surface area (Å²) >= 11 is 6.83. The quantitative estimate of drug-likeness (QED) is 0.693. The maximum Gasteiger partial charge on any atom is 0.224 e. The number of carbonyl (C=O) groups excluding carboxylic acids is 1. The third-order valence-corrected chi connectivity index (χ3v) is 4.59. The van der Waals surface area contributed by atoms with E-state index >= 15 is 0 Å². The molecule has 2 aromatic rings. The van der Waals surface area contributed by atoms with E-state index in [1.165, 1.54) is 6.07 Å². The van der Waals surface area contributed by atoms with Gasteiger partial charge in [0.25, 0.3) is 0 Å². The summed E-state index contributed by atoms with van der Waals surface area (Å²) in [5, 5.41) is 2.27. The molecule has 0 saturated heterocycles. The van der Waals surface area contributed by atoms with Crippen molar-refractivity contribution >= 4 is 43.5 Å². The van der Waals surface area contributed by atoms with Crippen molar-refractivity contribution in [3.05, 3.63) is 56.5 Å². The first-order valence-electron chi connectivity index (χ1n) is 6.68. The Hall–Kier alpha value is -1.47. The number of hydrogen-bond acceptors (Lipinski definition) is 2. The minimum Gasteiger partial charge on any atom is -0.497 e. The van der Waals surface area contributed by atoms with Gasteiger partial charge in [-0.2, -0.15) is 0 Å². The van der Waals surface area contributed by atoms with Crippen molar-refractivity contribution in [1.82, 2.24) is 0 Å². The van der Waals surface area contributed by atoms with Gasteiger partial charge in [0.15, 0.2) is 0 Å². The van der Waals surface area contributed by atoms with Crippen LogP contribution in [0.5, 0.6) is 5.75 Å². The highest BCUT2D eigenvalue weighted by Gasteiger charge is 2.14. The molecule has 7 heteroatoms. The number of methoxy groups -OCH3 is 1. The van der Waals surface area contributed by atoms with E-state index in [9.17, 15) is 13.6 Å². The summed E-state index contributed by atoms with van der Waals surface area (Å²) in [6, 6.07) is 7.00. The molecule has 0 spiro atoms. The first kappa shape index (κ1) is 17.9. The molecule has 0 fully saturated rings. The van der Waals surface area contributed by atoms with Crippen molar-refractivity contribution in [2.75, 3.05) is 12.4 Å². The summed E-state index contributed by atoms with van der Waals surface area (Å²) in [5.74, 6) is -1.40. The number of carbonyl (C=O) groups is 1. The molecule has 0 heterocycles. The molecule has 0 radical (unpaired) electrons. The highest BCUT2D eigenvalue weighted by Crippen LogP contribution is 2.31. The monoisotopic (exact) mass is 447 g/mol. The van der Waals surface area contributed by atoms with Crippen LogP contribution >= 0.6 is 31.9 Å². The van der Waals surface area contributed by atoms with Crippen LogP contribution in [0.15, 0.2) is 39.3 Å². The van der Waals surface area contributed by atoms with Crippen LogP contribution in [0.2, 0.25) is 0 Å². The van der Waals surface area contributed by atoms with E-state index in [0.29, 0.717) is 12.2 Å². The third-order valence-electron chi connectivity index (χ3n) is 3.18. The second-order valence-electron chi connectivity index (χ2n) is 4.71. The highest BCUT2D eigenvalue weighted by atomic mass is 79.9. The molecule has 0 aromatic heterocycles. The van der Waals surface area contributed by atoms with Gasteiger partial charge in [0.05, 0.1) is 7.11 Å². The number of rotatable bonds is 5. The van der Waals surface area contributed by atoms with Crippen LogP contribution in [0.1, 0.15) is 12.0 Å². The van der Waals surface area contributed by atoms with Gasteiger partial charge in [-0.25, -0.2) is 8.78 Å². The Morgan fingerprint density at radius 1 is 1.17 bits per heavy atom. The molecule has 0 aliphatic rings. The van der Waals surface area contributed by atoms with E-state index in [2.05, 4.69) is 37.2 Å². The molecule has 0 aliphatic carbocycles. The predicted octanol–water partition coefficient (Wildman–Crippen LogP) is 5.07. The summed E-state index contributed by atoms with van der Waals surface area (Å²) in [4.78, 5) is 11.9. The number of nitrogens with one attached hydrogen (secondary N) is 1. The number of hydrogen-bond donors (Lipinski definition) is 1. The van der Waals surface area contributed by atoms with Gasteiger partial charge in [0.1, 0.15) is 23.1 Å². The van der Waals surface area contributed by atoms with Gasteiger partial charge in [-0.3, -0.25) is 4.79 Å². The zero-order valence-electron chi connectivity index (χ0n) is 12.1. The van der Waals surface area contributed by atoms with Crippen LogP contribution in [0.4, 0.5) is 14.5 Å². The molecular formula is C16H13Br2F2NO2. The second kappa shape index (κ2) is 7.88. The maximum absolute atomic E-state index is 13.5. The van der Waals surface area contributed by atoms with E-state index in [-0.39, 0.29) is 6.42 Å². The minimum atomic E-state index is -0.801. The number of halogens is 4. The van der Waals surface area contributed by atoms with Gasteiger partial charge in [-0.15, -0.1) is 0 Å². The normalized spacial score (nSPS) is 10.5. The topological polar surface area (TPSA) is 38.3 Å². The summed E-state index contributed by atoms with van der Waals surface area (Å²) in [5.41, 5.74) is 0.445. The van der Waals surface area contributed by atoms with Gasteiger partial charge < -0.3 is 10.1 Å². The lowest BCUT2D eigenvalue weighted by Crippen LogP contribution is -2.15. The lowest BCUT2D eigenvalue weighted by atomic mass is 10.1. The molecule has 23 heavy (non-hydrogen) atoms. The van der Waals surface area contributed by atoms with Crippen molar-refractivity contribution in [1.29, 1.82) is 0 Å². The fourth-order valence-corrected chi connectivity index (χ4v) is 3.54. The molecule has 0 atom stereocenters. The molecular weight excluding hydrogens is 436 g/mol. The van der Waals surface area contributed by atoms with Gasteiger partial charge >= 0.3 is 0 Å². The summed E-state index contributed by atoms with van der Waals surface area (Å²) < 4.78 is 33.7. The first-order chi connectivity index (χ1) is 10.9. The number of anilines is 1. The number of ether oxygens (including phenoxy) is 1. The average molecular weight is 449 g/mol. The van der Waals surface area contributed by atoms with E-state index in [4.69, 9.17) is 4.74 Å². The van der Waals surface area contributed by atoms with Crippen molar-refractivity contribution < 1.29 is 18.3 Å². The molecule has 122 valence electrons. The molecule has 0 bridgehead atoms. The van der Waals surface area contributed by atoms with Gasteiger partial charge in [-0.05, 0) is 36.2 Å². The minimum absolute atomic E-state index is 0.0807. The molecule has 3 nitrogen and oxygen atoms in total. The number of benzene rings is 2. The van der Waals surface area contributed by atoms with E-state index in [0.717, 1.165) is 26.6 Å². The largest absolute Gasteiger partial charge is 0.497 e. The van der Waals surface area contributed by atoms with Crippen LogP contribution in [-0.4, -0.2) is 13.0 Å². The van der Waals surface area contributed by atoms with Crippen molar-refractivity contribution in [3.8, 4) is 5.75 Å². The van der Waals surface area contributed by atoms with Gasteiger partial charge in [0, 0.05) is 15.4 Å². The van der Waals surface area contributed by atoms with E-state index < -0.39 is 23.2 Å². The number of para-hydroxylation sites is 1. The van der Waals surface area contributed by atoms with Crippen LogP contribution in [0.3, 0.4) is 0 Å². The lowest BCUT2D eigenvalue weighted by Gasteiger charge is -2.11. The van der Waals surface area contributed by atoms with Gasteiger partial charge in [-0.1, -0.05) is 37.9 Å². The summed E-state index contributed by atoms with van der Waals surface area (Å²) in [7, 11) is 1.56. The Labute approximate surface area is 149 Å². The molecule has 2 rings (SSSR count). The van der Waals surface area contributed by atoms with Crippen molar-refractivity contribution in [3.63, 3.8) is 0 Å². The second-order valence-corrected chi connectivity index (χ2v) is 6.42. The first-order valence-corrected chi connectivity index (χ1v) is 8.26. The fraction of sp³-hybridized carbons (Fsp3) is 0.188. The molecule has 0 saturated carbocycles. The SMILES string of the molecule is COc1cc(Br)c(CCC(=O)Nc2c(F)cccc2F)c(Br)c1. The van der Waals surface area contributed by atoms with Crippen LogP contribution in [0.25, 0.3) is 0 Å². The Morgan fingerprint density at radius 3 is 2.26 bits per heavy atom. The van der Waals surface area contributed by atoms with Gasteiger partial charge in [0.2, 0.25) is 5.91 Å². The molecule has 2 aromatic carbocycles. The average Bonchev–Trinajstić information content (AvgIpc) is 2.50. The lowest BCUT2D eigenvalue weighted by molar-refractivity contribution is -0.116. The smallest absolute Gasteiger partial charge is 0.224 e. The van der Waals surface area contributed by atoms with Crippen LogP contribution < -0.4 is 10.1 Å². The zero-order chi connectivity index (χ0) is 17.0. The molecule has 1 N–H and O–H groups in total. The molecule has 0 aliphatic heterocycles. The standard InChI is InChI=1S/C16H13Br2F2NO2/c1-23-9-7-11(17)10(12(18)8-9)5-6-15(22)21-16-13(19)3-2-4-14(16)20/h2-4,7-8H,5-6H2,1H3,(H,21,22). The number of amides is 1. The predicted molar refractivity (Wildman–Crippen MR) is 91.7 cm³/mol. The Balaban J connectivity index is 2.05. The van der Waals surface area contributed by atoms with E-state index in [1.807, 2.05) is 0 Å². The summed E-state index contributed by atoms with van der Waals surface area (Å²) in [6.07, 6.45) is 0.477. The Morgan fingerprint density at radius 2 is 1.74 bits per heavy atom. The fourth-order valence-electron chi connectivity index (χ4n) is 1.99. The van der Waals surface area contributed by atoms with Crippen LogP contribution in [-0.2, 0) is 11.2 Å². The maximum atomic E-state index is 13.5. The Kier molecular flexibility index (Phi) is 6.12. The summed E-state index contributed by atoms with van der Waals surface area (Å²) in [6.45, 7) is 0. The van der Waals surface area contributed by atoms with E-state index in [1.54, 1.807) is 19.2 Å². The highest BCUT2D eigenvalue weighted by molar-refractivity contribution is 9.11. The third kappa shape index (κ3) is 4.51. The molecule has 0 unspecified atom stereocenters.